The number of ether oxygens (including phenoxy) is 1. The van der Waals surface area contributed by atoms with Gasteiger partial charge in [-0.3, -0.25) is 4.79 Å². The Morgan fingerprint density at radius 3 is 2.58 bits per heavy atom. The maximum absolute atomic E-state index is 12.4. The Hall–Kier alpha value is -1.64. The first-order chi connectivity index (χ1) is 11.3. The summed E-state index contributed by atoms with van der Waals surface area (Å²) >= 11 is 0. The smallest absolute Gasteiger partial charge is 0.281 e. The molecule has 0 aromatic heterocycles. The van der Waals surface area contributed by atoms with Gasteiger partial charge in [0.15, 0.2) is 0 Å². The molecule has 1 aliphatic heterocycles. The van der Waals surface area contributed by atoms with Crippen LogP contribution in [0.5, 0.6) is 5.75 Å². The summed E-state index contributed by atoms with van der Waals surface area (Å²) in [6.45, 7) is 3.16. The fraction of sp³-hybridized carbons (Fsp3) is 0.562. The van der Waals surface area contributed by atoms with E-state index >= 15 is 0 Å². The highest BCUT2D eigenvalue weighted by Crippen LogP contribution is 2.22. The molecule has 0 aliphatic carbocycles. The second-order valence-electron chi connectivity index (χ2n) is 5.93. The molecule has 8 heteroatoms. The number of rotatable bonds is 6. The zero-order valence-electron chi connectivity index (χ0n) is 14.4. The standard InChI is InChI=1S/C16H25N3O4S/c1-4-23-15-9-7-14(8-10-15)17-16(20)13-6-5-11-19(12-13)24(21,22)18(2)3/h7-10,13H,4-6,11-12H2,1-3H3,(H,17,20). The minimum absolute atomic E-state index is 0.155. The van der Waals surface area contributed by atoms with Crippen LogP contribution in [-0.2, 0) is 15.0 Å². The van der Waals surface area contributed by atoms with Gasteiger partial charge in [0.1, 0.15) is 5.75 Å². The minimum atomic E-state index is -3.48. The predicted molar refractivity (Wildman–Crippen MR) is 93.1 cm³/mol. The maximum atomic E-state index is 12.4. The van der Waals surface area contributed by atoms with Gasteiger partial charge in [0.05, 0.1) is 12.5 Å². The lowest BCUT2D eigenvalue weighted by atomic mass is 9.99. The lowest BCUT2D eigenvalue weighted by Gasteiger charge is -2.32. The number of carbonyl (C=O) groups excluding carboxylic acids is 1. The second-order valence-corrected chi connectivity index (χ2v) is 8.08. The van der Waals surface area contributed by atoms with Crippen molar-refractivity contribution in [2.24, 2.45) is 5.92 Å². The molecule has 1 aromatic carbocycles. The SMILES string of the molecule is CCOc1ccc(NC(=O)C2CCCN(S(=O)(=O)N(C)C)C2)cc1. The highest BCUT2D eigenvalue weighted by Gasteiger charge is 2.33. The van der Waals surface area contributed by atoms with Crippen molar-refractivity contribution in [3.8, 4) is 5.75 Å². The fourth-order valence-corrected chi connectivity index (χ4v) is 3.83. The van der Waals surface area contributed by atoms with E-state index in [2.05, 4.69) is 5.32 Å². The van der Waals surface area contributed by atoms with Crippen LogP contribution in [0.1, 0.15) is 19.8 Å². The number of anilines is 1. The van der Waals surface area contributed by atoms with E-state index in [1.165, 1.54) is 22.7 Å². The number of nitrogens with zero attached hydrogens (tertiary/aromatic N) is 2. The van der Waals surface area contributed by atoms with Gasteiger partial charge in [-0.1, -0.05) is 0 Å². The number of amides is 1. The average Bonchev–Trinajstić information content (AvgIpc) is 2.57. The van der Waals surface area contributed by atoms with E-state index in [1.807, 2.05) is 6.92 Å². The van der Waals surface area contributed by atoms with Crippen LogP contribution in [0.15, 0.2) is 24.3 Å². The molecule has 24 heavy (non-hydrogen) atoms. The molecule has 1 aliphatic rings. The number of hydrogen-bond acceptors (Lipinski definition) is 4. The van der Waals surface area contributed by atoms with Crippen molar-refractivity contribution in [3.63, 3.8) is 0 Å². The van der Waals surface area contributed by atoms with Crippen molar-refractivity contribution >= 4 is 21.8 Å². The molecule has 134 valence electrons. The number of benzene rings is 1. The monoisotopic (exact) mass is 355 g/mol. The number of nitrogens with one attached hydrogen (secondary N) is 1. The summed E-state index contributed by atoms with van der Waals surface area (Å²) < 4.78 is 32.4. The molecule has 1 atom stereocenters. The topological polar surface area (TPSA) is 79.0 Å². The van der Waals surface area contributed by atoms with Crippen molar-refractivity contribution in [2.45, 2.75) is 19.8 Å². The van der Waals surface area contributed by atoms with E-state index in [0.717, 1.165) is 5.75 Å². The van der Waals surface area contributed by atoms with Crippen LogP contribution < -0.4 is 10.1 Å². The van der Waals surface area contributed by atoms with Crippen LogP contribution in [0, 0.1) is 5.92 Å². The van der Waals surface area contributed by atoms with E-state index in [0.29, 0.717) is 31.7 Å². The van der Waals surface area contributed by atoms with Crippen LogP contribution in [0.2, 0.25) is 0 Å². The summed E-state index contributed by atoms with van der Waals surface area (Å²) in [5.74, 6) is 0.245. The highest BCUT2D eigenvalue weighted by molar-refractivity contribution is 7.86. The summed E-state index contributed by atoms with van der Waals surface area (Å²) in [4.78, 5) is 12.4. The Labute approximate surface area is 143 Å². The molecule has 1 saturated heterocycles. The quantitative estimate of drug-likeness (QED) is 0.840. The number of piperidine rings is 1. The predicted octanol–water partition coefficient (Wildman–Crippen LogP) is 1.54. The summed E-state index contributed by atoms with van der Waals surface area (Å²) in [5.41, 5.74) is 0.677. The molecule has 1 amide bonds. The van der Waals surface area contributed by atoms with Gasteiger partial charge in [0, 0.05) is 32.9 Å². The molecule has 2 rings (SSSR count). The third-order valence-corrected chi connectivity index (χ3v) is 5.88. The lowest BCUT2D eigenvalue weighted by Crippen LogP contribution is -2.47. The Morgan fingerprint density at radius 2 is 2.00 bits per heavy atom. The molecular formula is C16H25N3O4S. The second kappa shape index (κ2) is 7.96. The zero-order chi connectivity index (χ0) is 17.7. The Morgan fingerprint density at radius 1 is 1.33 bits per heavy atom. The van der Waals surface area contributed by atoms with Gasteiger partial charge in [0.25, 0.3) is 10.2 Å². The zero-order valence-corrected chi connectivity index (χ0v) is 15.2. The summed E-state index contributed by atoms with van der Waals surface area (Å²) in [7, 11) is -0.483. The summed E-state index contributed by atoms with van der Waals surface area (Å²) in [5, 5.41) is 2.85. The minimum Gasteiger partial charge on any atom is -0.494 e. The summed E-state index contributed by atoms with van der Waals surface area (Å²) in [6, 6.07) is 7.14. The maximum Gasteiger partial charge on any atom is 0.281 e. The Kier molecular flexibility index (Phi) is 6.20. The van der Waals surface area contributed by atoms with Gasteiger partial charge in [-0.15, -0.1) is 0 Å². The van der Waals surface area contributed by atoms with E-state index < -0.39 is 10.2 Å². The molecule has 0 spiro atoms. The Bertz CT molecular complexity index is 658. The molecule has 0 bridgehead atoms. The Balaban J connectivity index is 1.99. The fourth-order valence-electron chi connectivity index (χ4n) is 2.64. The molecule has 1 N–H and O–H groups in total. The van der Waals surface area contributed by atoms with Crippen molar-refractivity contribution in [1.29, 1.82) is 0 Å². The number of hydrogen-bond donors (Lipinski definition) is 1. The van der Waals surface area contributed by atoms with Crippen molar-refractivity contribution in [3.05, 3.63) is 24.3 Å². The molecule has 0 saturated carbocycles. The largest absolute Gasteiger partial charge is 0.494 e. The lowest BCUT2D eigenvalue weighted by molar-refractivity contribution is -0.120. The van der Waals surface area contributed by atoms with Crippen LogP contribution in [0.4, 0.5) is 5.69 Å². The normalized spacial score (nSPS) is 19.2. The molecule has 1 aromatic rings. The molecule has 0 radical (unpaired) electrons. The van der Waals surface area contributed by atoms with Gasteiger partial charge in [-0.05, 0) is 44.0 Å². The summed E-state index contributed by atoms with van der Waals surface area (Å²) in [6.07, 6.45) is 1.36. The van der Waals surface area contributed by atoms with E-state index in [1.54, 1.807) is 24.3 Å². The molecule has 1 unspecified atom stereocenters. The van der Waals surface area contributed by atoms with Crippen molar-refractivity contribution < 1.29 is 17.9 Å². The number of carbonyl (C=O) groups is 1. The first kappa shape index (κ1) is 18.7. The van der Waals surface area contributed by atoms with Gasteiger partial charge < -0.3 is 10.1 Å². The molecular weight excluding hydrogens is 330 g/mol. The average molecular weight is 355 g/mol. The van der Waals surface area contributed by atoms with E-state index in [4.69, 9.17) is 4.74 Å². The van der Waals surface area contributed by atoms with E-state index in [9.17, 15) is 13.2 Å². The van der Waals surface area contributed by atoms with Crippen LogP contribution in [0.3, 0.4) is 0 Å². The molecule has 1 heterocycles. The highest BCUT2D eigenvalue weighted by atomic mass is 32.2. The van der Waals surface area contributed by atoms with Crippen LogP contribution >= 0.6 is 0 Å². The van der Waals surface area contributed by atoms with Crippen LogP contribution in [-0.4, -0.2) is 56.7 Å². The molecule has 1 fully saturated rings. The van der Waals surface area contributed by atoms with Gasteiger partial charge in [-0.25, -0.2) is 0 Å². The first-order valence-electron chi connectivity index (χ1n) is 8.06. The first-order valence-corrected chi connectivity index (χ1v) is 9.45. The van der Waals surface area contributed by atoms with Gasteiger partial charge in [0.2, 0.25) is 5.91 Å². The van der Waals surface area contributed by atoms with E-state index in [-0.39, 0.29) is 18.4 Å². The van der Waals surface area contributed by atoms with Gasteiger partial charge >= 0.3 is 0 Å². The third kappa shape index (κ3) is 4.46. The van der Waals surface area contributed by atoms with Gasteiger partial charge in [-0.2, -0.15) is 17.0 Å². The van der Waals surface area contributed by atoms with Crippen molar-refractivity contribution in [2.75, 3.05) is 39.1 Å². The molecule has 7 nitrogen and oxygen atoms in total. The van der Waals surface area contributed by atoms with Crippen LogP contribution in [0.25, 0.3) is 0 Å². The third-order valence-electron chi connectivity index (χ3n) is 3.98. The van der Waals surface area contributed by atoms with Crippen molar-refractivity contribution in [1.82, 2.24) is 8.61 Å².